The third kappa shape index (κ3) is 3.59. The third-order valence-electron chi connectivity index (χ3n) is 3.03. The Labute approximate surface area is 134 Å². The van der Waals surface area contributed by atoms with E-state index in [1.54, 1.807) is 6.07 Å². The number of carboxylic acids is 1. The number of alkyl halides is 3. The Bertz CT molecular complexity index is 762. The smallest absolute Gasteiger partial charge is 0.416 e. The van der Waals surface area contributed by atoms with E-state index >= 15 is 0 Å². The summed E-state index contributed by atoms with van der Waals surface area (Å²) in [5.41, 5.74) is 4.72. The van der Waals surface area contributed by atoms with Crippen molar-refractivity contribution in [3.05, 3.63) is 59.7 Å². The Hall–Kier alpha value is -2.61. The van der Waals surface area contributed by atoms with E-state index in [1.165, 1.54) is 30.3 Å². The van der Waals surface area contributed by atoms with Gasteiger partial charge in [0.15, 0.2) is 5.11 Å². The summed E-state index contributed by atoms with van der Waals surface area (Å²) in [5.74, 6) is -1.24. The molecule has 0 aliphatic heterocycles. The number of carboxylic acid groups (broad SMARTS) is 1. The zero-order valence-electron chi connectivity index (χ0n) is 11.5. The van der Waals surface area contributed by atoms with Crippen LogP contribution in [0.1, 0.15) is 15.9 Å². The number of thiocarbonyl (C=S) groups is 1. The fourth-order valence-corrected chi connectivity index (χ4v) is 2.26. The predicted octanol–water partition coefficient (Wildman–Crippen LogP) is 3.79. The molecule has 0 aliphatic carbocycles. The Kier molecular flexibility index (Phi) is 4.55. The van der Waals surface area contributed by atoms with Gasteiger partial charge in [0.2, 0.25) is 0 Å². The molecular formula is C15H11F3N2O2S. The summed E-state index contributed by atoms with van der Waals surface area (Å²) in [4.78, 5) is 12.4. The number of nitrogens with two attached hydrogens (primary N) is 1. The average molecular weight is 340 g/mol. The van der Waals surface area contributed by atoms with Gasteiger partial charge in [-0.1, -0.05) is 18.2 Å². The molecule has 8 heteroatoms. The van der Waals surface area contributed by atoms with E-state index in [9.17, 15) is 23.1 Å². The van der Waals surface area contributed by atoms with Crippen molar-refractivity contribution in [3.63, 3.8) is 0 Å². The maximum Gasteiger partial charge on any atom is 0.416 e. The summed E-state index contributed by atoms with van der Waals surface area (Å²) in [6, 6.07) is 10.1. The van der Waals surface area contributed by atoms with Gasteiger partial charge in [-0.25, -0.2) is 4.79 Å². The molecule has 3 N–H and O–H groups in total. The second kappa shape index (κ2) is 6.25. The van der Waals surface area contributed by atoms with E-state index in [0.717, 1.165) is 17.0 Å². The van der Waals surface area contributed by atoms with Gasteiger partial charge in [-0.3, -0.25) is 4.90 Å². The van der Waals surface area contributed by atoms with Gasteiger partial charge in [-0.15, -0.1) is 0 Å². The number of benzene rings is 2. The maximum absolute atomic E-state index is 12.9. The lowest BCUT2D eigenvalue weighted by atomic mass is 10.1. The van der Waals surface area contributed by atoms with Crippen LogP contribution < -0.4 is 10.6 Å². The molecule has 0 aliphatic rings. The van der Waals surface area contributed by atoms with Crippen LogP contribution in [0, 0.1) is 0 Å². The molecule has 0 radical (unpaired) electrons. The summed E-state index contributed by atoms with van der Waals surface area (Å²) < 4.78 is 38.6. The van der Waals surface area contributed by atoms with Gasteiger partial charge >= 0.3 is 12.1 Å². The van der Waals surface area contributed by atoms with Crippen molar-refractivity contribution in [1.29, 1.82) is 0 Å². The van der Waals surface area contributed by atoms with Crippen molar-refractivity contribution in [3.8, 4) is 0 Å². The van der Waals surface area contributed by atoms with Gasteiger partial charge in [0.25, 0.3) is 0 Å². The molecule has 0 spiro atoms. The minimum atomic E-state index is -4.54. The number of halogens is 3. The fraction of sp³-hybridized carbons (Fsp3) is 0.0667. The van der Waals surface area contributed by atoms with Gasteiger partial charge < -0.3 is 10.8 Å². The number of para-hydroxylation sites is 1. The topological polar surface area (TPSA) is 66.6 Å². The molecule has 23 heavy (non-hydrogen) atoms. The first-order valence-corrected chi connectivity index (χ1v) is 6.72. The zero-order valence-corrected chi connectivity index (χ0v) is 12.4. The standard InChI is InChI=1S/C15H11F3N2O2S/c16-15(17,18)9-4-3-5-10(8-9)20(14(19)23)12-7-2-1-6-11(12)13(21)22/h1-8H,(H2,19,23)(H,21,22). The lowest BCUT2D eigenvalue weighted by Gasteiger charge is -2.25. The molecule has 2 aromatic rings. The van der Waals surface area contributed by atoms with E-state index in [2.05, 4.69) is 0 Å². The molecule has 0 unspecified atom stereocenters. The summed E-state index contributed by atoms with van der Waals surface area (Å²) in [6.45, 7) is 0. The van der Waals surface area contributed by atoms with Crippen molar-refractivity contribution in [2.24, 2.45) is 5.73 Å². The second-order valence-electron chi connectivity index (χ2n) is 4.54. The first kappa shape index (κ1) is 16.8. The molecule has 0 atom stereocenters. The van der Waals surface area contributed by atoms with Crippen LogP contribution in [0.4, 0.5) is 24.5 Å². The minimum absolute atomic E-state index is 0.0287. The molecule has 0 bridgehead atoms. The predicted molar refractivity (Wildman–Crippen MR) is 83.8 cm³/mol. The SMILES string of the molecule is NC(=S)N(c1cccc(C(F)(F)F)c1)c1ccccc1C(=O)O. The molecule has 0 amide bonds. The van der Waals surface area contributed by atoms with E-state index in [0.29, 0.717) is 0 Å². The van der Waals surface area contributed by atoms with E-state index in [1.807, 2.05) is 0 Å². The molecule has 0 saturated heterocycles. The first-order chi connectivity index (χ1) is 10.7. The third-order valence-corrected chi connectivity index (χ3v) is 3.21. The highest BCUT2D eigenvalue weighted by atomic mass is 32.1. The molecule has 2 aromatic carbocycles. The summed E-state index contributed by atoms with van der Waals surface area (Å²) in [7, 11) is 0. The highest BCUT2D eigenvalue weighted by molar-refractivity contribution is 7.80. The maximum atomic E-state index is 12.9. The fourth-order valence-electron chi connectivity index (χ4n) is 2.06. The summed E-state index contributed by atoms with van der Waals surface area (Å²) >= 11 is 4.89. The largest absolute Gasteiger partial charge is 0.478 e. The van der Waals surface area contributed by atoms with Crippen molar-refractivity contribution in [1.82, 2.24) is 0 Å². The van der Waals surface area contributed by atoms with Crippen LogP contribution in [-0.4, -0.2) is 16.2 Å². The Morgan fingerprint density at radius 1 is 1.13 bits per heavy atom. The summed E-state index contributed by atoms with van der Waals surface area (Å²) in [5, 5.41) is 8.97. The van der Waals surface area contributed by atoms with Crippen LogP contribution in [0.3, 0.4) is 0 Å². The van der Waals surface area contributed by atoms with E-state index < -0.39 is 17.7 Å². The zero-order chi connectivity index (χ0) is 17.2. The first-order valence-electron chi connectivity index (χ1n) is 6.31. The number of aromatic carboxylic acids is 1. The molecule has 0 fully saturated rings. The number of anilines is 2. The molecular weight excluding hydrogens is 329 g/mol. The Morgan fingerprint density at radius 3 is 2.35 bits per heavy atom. The van der Waals surface area contributed by atoms with Gasteiger partial charge in [0, 0.05) is 5.69 Å². The number of nitrogens with zero attached hydrogens (tertiary/aromatic N) is 1. The number of rotatable bonds is 3. The molecule has 0 heterocycles. The van der Waals surface area contributed by atoms with Crippen LogP contribution in [0.2, 0.25) is 0 Å². The van der Waals surface area contributed by atoms with Crippen molar-refractivity contribution in [2.45, 2.75) is 6.18 Å². The normalized spacial score (nSPS) is 11.1. The lowest BCUT2D eigenvalue weighted by molar-refractivity contribution is -0.137. The quantitative estimate of drug-likeness (QED) is 0.832. The summed E-state index contributed by atoms with van der Waals surface area (Å²) in [6.07, 6.45) is -4.54. The molecule has 4 nitrogen and oxygen atoms in total. The van der Waals surface area contributed by atoms with Gasteiger partial charge in [-0.2, -0.15) is 13.2 Å². The number of hydrogen-bond acceptors (Lipinski definition) is 2. The molecule has 120 valence electrons. The van der Waals surface area contributed by atoms with Crippen LogP contribution in [0.15, 0.2) is 48.5 Å². The van der Waals surface area contributed by atoms with Crippen molar-refractivity contribution >= 4 is 34.7 Å². The highest BCUT2D eigenvalue weighted by Crippen LogP contribution is 2.34. The average Bonchev–Trinajstić information content (AvgIpc) is 2.47. The minimum Gasteiger partial charge on any atom is -0.478 e. The van der Waals surface area contributed by atoms with Gasteiger partial charge in [0.05, 0.1) is 16.8 Å². The van der Waals surface area contributed by atoms with Crippen LogP contribution in [0.5, 0.6) is 0 Å². The van der Waals surface area contributed by atoms with Crippen molar-refractivity contribution in [2.75, 3.05) is 4.90 Å². The number of carbonyl (C=O) groups is 1. The molecule has 2 rings (SSSR count). The highest BCUT2D eigenvalue weighted by Gasteiger charge is 2.31. The van der Waals surface area contributed by atoms with Crippen molar-refractivity contribution < 1.29 is 23.1 Å². The van der Waals surface area contributed by atoms with Gasteiger partial charge in [-0.05, 0) is 42.5 Å². The van der Waals surface area contributed by atoms with Crippen LogP contribution in [0.25, 0.3) is 0 Å². The van der Waals surface area contributed by atoms with Crippen LogP contribution in [-0.2, 0) is 6.18 Å². The molecule has 0 saturated carbocycles. The number of hydrogen-bond donors (Lipinski definition) is 2. The Morgan fingerprint density at radius 2 is 1.78 bits per heavy atom. The lowest BCUT2D eigenvalue weighted by Crippen LogP contribution is -2.32. The van der Waals surface area contributed by atoms with Crippen LogP contribution >= 0.6 is 12.2 Å². The Balaban J connectivity index is 2.62. The monoisotopic (exact) mass is 340 g/mol. The van der Waals surface area contributed by atoms with E-state index in [4.69, 9.17) is 18.0 Å². The second-order valence-corrected chi connectivity index (χ2v) is 4.96. The molecule has 0 aromatic heterocycles. The van der Waals surface area contributed by atoms with Gasteiger partial charge in [0.1, 0.15) is 0 Å². The van der Waals surface area contributed by atoms with E-state index in [-0.39, 0.29) is 22.1 Å².